The van der Waals surface area contributed by atoms with Gasteiger partial charge in [0.05, 0.1) is 24.9 Å². The van der Waals surface area contributed by atoms with Crippen LogP contribution in [0.15, 0.2) is 36.9 Å². The van der Waals surface area contributed by atoms with E-state index in [0.717, 1.165) is 85.4 Å². The molecular formula is C40H60N2O2S. The molecule has 0 aliphatic carbocycles. The van der Waals surface area contributed by atoms with E-state index in [1.165, 1.54) is 106 Å². The van der Waals surface area contributed by atoms with Gasteiger partial charge in [0, 0.05) is 11.1 Å². The SMILES string of the molecule is C=CCCCCCCc1cc(OCCCCCC)c(/C=C/c2ccc(CCCCCC)c3nsnc23)cc1OCCCCCC. The van der Waals surface area contributed by atoms with E-state index < -0.39 is 0 Å². The third kappa shape index (κ3) is 13.3. The Bertz CT molecular complexity index is 1260. The highest BCUT2D eigenvalue weighted by Gasteiger charge is 2.13. The maximum atomic E-state index is 6.50. The van der Waals surface area contributed by atoms with Crippen LogP contribution in [0.25, 0.3) is 23.2 Å². The van der Waals surface area contributed by atoms with Crippen molar-refractivity contribution in [2.75, 3.05) is 13.2 Å². The topological polar surface area (TPSA) is 44.2 Å². The predicted octanol–water partition coefficient (Wildman–Crippen LogP) is 12.6. The molecule has 1 heterocycles. The molecule has 0 aliphatic rings. The maximum absolute atomic E-state index is 6.50. The zero-order valence-electron chi connectivity index (χ0n) is 28.7. The number of fused-ring (bicyclic) bond motifs is 1. The minimum atomic E-state index is 0.742. The molecule has 0 unspecified atom stereocenters. The molecule has 4 nitrogen and oxygen atoms in total. The summed E-state index contributed by atoms with van der Waals surface area (Å²) in [5.41, 5.74) is 6.83. The van der Waals surface area contributed by atoms with Crippen LogP contribution in [0, 0.1) is 0 Å². The Morgan fingerprint density at radius 2 is 1.18 bits per heavy atom. The Labute approximate surface area is 279 Å². The van der Waals surface area contributed by atoms with E-state index in [1.807, 2.05) is 6.08 Å². The average Bonchev–Trinajstić information content (AvgIpc) is 3.55. The minimum absolute atomic E-state index is 0.742. The van der Waals surface area contributed by atoms with Gasteiger partial charge in [0.2, 0.25) is 0 Å². The maximum Gasteiger partial charge on any atom is 0.127 e. The number of rotatable bonds is 26. The molecule has 3 aromatic rings. The Hall–Kier alpha value is -2.66. The van der Waals surface area contributed by atoms with Crippen LogP contribution in [0.5, 0.6) is 11.5 Å². The summed E-state index contributed by atoms with van der Waals surface area (Å²) >= 11 is 1.32. The first-order valence-electron chi connectivity index (χ1n) is 18.2. The summed E-state index contributed by atoms with van der Waals surface area (Å²) in [6.07, 6.45) is 29.1. The fourth-order valence-corrected chi connectivity index (χ4v) is 6.38. The van der Waals surface area contributed by atoms with Gasteiger partial charge in [-0.05, 0) is 74.6 Å². The second-order valence-corrected chi connectivity index (χ2v) is 13.0. The van der Waals surface area contributed by atoms with Crippen molar-refractivity contribution >= 4 is 34.9 Å². The lowest BCUT2D eigenvalue weighted by Crippen LogP contribution is -2.04. The van der Waals surface area contributed by atoms with Gasteiger partial charge >= 0.3 is 0 Å². The number of allylic oxidation sites excluding steroid dienone is 1. The third-order valence-electron chi connectivity index (χ3n) is 8.58. The number of ether oxygens (including phenoxy) is 2. The minimum Gasteiger partial charge on any atom is -0.493 e. The van der Waals surface area contributed by atoms with Crippen LogP contribution >= 0.6 is 11.7 Å². The van der Waals surface area contributed by atoms with Crippen molar-refractivity contribution in [1.29, 1.82) is 0 Å². The molecule has 248 valence electrons. The van der Waals surface area contributed by atoms with Gasteiger partial charge < -0.3 is 9.47 Å². The number of hydrogen-bond acceptors (Lipinski definition) is 5. The van der Waals surface area contributed by atoms with E-state index in [1.54, 1.807) is 0 Å². The Kier molecular flexibility index (Phi) is 18.6. The summed E-state index contributed by atoms with van der Waals surface area (Å²) in [5, 5.41) is 0. The molecule has 0 N–H and O–H groups in total. The number of benzene rings is 2. The number of aromatic nitrogens is 2. The third-order valence-corrected chi connectivity index (χ3v) is 9.11. The second kappa shape index (κ2) is 22.8. The van der Waals surface area contributed by atoms with Gasteiger partial charge in [-0.15, -0.1) is 6.58 Å². The highest BCUT2D eigenvalue weighted by molar-refractivity contribution is 7.00. The summed E-state index contributed by atoms with van der Waals surface area (Å²) in [7, 11) is 0. The largest absolute Gasteiger partial charge is 0.493 e. The van der Waals surface area contributed by atoms with Gasteiger partial charge in [-0.2, -0.15) is 8.75 Å². The van der Waals surface area contributed by atoms with Crippen molar-refractivity contribution < 1.29 is 9.47 Å². The van der Waals surface area contributed by atoms with Crippen LogP contribution in [0.3, 0.4) is 0 Å². The van der Waals surface area contributed by atoms with E-state index in [-0.39, 0.29) is 0 Å². The molecule has 3 rings (SSSR count). The van der Waals surface area contributed by atoms with E-state index in [2.05, 4.69) is 63.8 Å². The van der Waals surface area contributed by atoms with Crippen LogP contribution in [-0.4, -0.2) is 22.0 Å². The number of aryl methyl sites for hydroxylation is 2. The van der Waals surface area contributed by atoms with Gasteiger partial charge in [-0.1, -0.05) is 122 Å². The molecule has 0 saturated carbocycles. The molecule has 0 atom stereocenters. The Morgan fingerprint density at radius 3 is 1.87 bits per heavy atom. The predicted molar refractivity (Wildman–Crippen MR) is 197 cm³/mol. The lowest BCUT2D eigenvalue weighted by atomic mass is 10.00. The number of nitrogens with zero attached hydrogens (tertiary/aromatic N) is 2. The van der Waals surface area contributed by atoms with E-state index in [4.69, 9.17) is 18.2 Å². The molecule has 0 radical (unpaired) electrons. The molecule has 5 heteroatoms. The van der Waals surface area contributed by atoms with E-state index in [0.29, 0.717) is 0 Å². The van der Waals surface area contributed by atoms with Gasteiger partial charge in [0.1, 0.15) is 22.5 Å². The van der Waals surface area contributed by atoms with E-state index >= 15 is 0 Å². The Balaban J connectivity index is 1.86. The Morgan fingerprint density at radius 1 is 0.600 bits per heavy atom. The fourth-order valence-electron chi connectivity index (χ4n) is 5.78. The van der Waals surface area contributed by atoms with Gasteiger partial charge in [-0.3, -0.25) is 0 Å². The van der Waals surface area contributed by atoms with Gasteiger partial charge in [-0.25, -0.2) is 0 Å². The molecule has 0 fully saturated rings. The van der Waals surface area contributed by atoms with Gasteiger partial charge in [0.25, 0.3) is 0 Å². The lowest BCUT2D eigenvalue weighted by Gasteiger charge is -2.17. The van der Waals surface area contributed by atoms with Gasteiger partial charge in [0.15, 0.2) is 0 Å². The molecule has 0 aliphatic heterocycles. The lowest BCUT2D eigenvalue weighted by molar-refractivity contribution is 0.293. The van der Waals surface area contributed by atoms with Crippen LogP contribution in [0.2, 0.25) is 0 Å². The highest BCUT2D eigenvalue weighted by atomic mass is 32.1. The van der Waals surface area contributed by atoms with Crippen molar-refractivity contribution in [2.24, 2.45) is 0 Å². The monoisotopic (exact) mass is 632 g/mol. The zero-order chi connectivity index (χ0) is 32.0. The number of unbranched alkanes of at least 4 members (excludes halogenated alkanes) is 13. The van der Waals surface area contributed by atoms with Crippen molar-refractivity contribution in [3.8, 4) is 11.5 Å². The first kappa shape index (κ1) is 36.8. The zero-order valence-corrected chi connectivity index (χ0v) is 29.5. The van der Waals surface area contributed by atoms with Crippen LogP contribution in [-0.2, 0) is 12.8 Å². The molecule has 1 aromatic heterocycles. The van der Waals surface area contributed by atoms with Crippen LogP contribution in [0.1, 0.15) is 152 Å². The standard InChI is InChI=1S/C40H60N2O2S/c1-5-9-13-17-18-20-24-35-31-38(44-30-22-16-12-8-4)36(32-37(35)43-29-21-15-11-7-3)28-27-34-26-25-33(23-19-14-10-6-2)39-40(34)42-45-41-39/h5,25-28,31-32H,1,6-24,29-30H2,2-4H3/b28-27+. The summed E-state index contributed by atoms with van der Waals surface area (Å²) in [4.78, 5) is 0. The number of hydrogen-bond donors (Lipinski definition) is 0. The second-order valence-electron chi connectivity index (χ2n) is 12.5. The van der Waals surface area contributed by atoms with E-state index in [9.17, 15) is 0 Å². The van der Waals surface area contributed by atoms with Crippen molar-refractivity contribution in [1.82, 2.24) is 8.75 Å². The summed E-state index contributed by atoms with van der Waals surface area (Å²) in [5.74, 6) is 1.97. The highest BCUT2D eigenvalue weighted by Crippen LogP contribution is 2.33. The quantitative estimate of drug-likeness (QED) is 0.0502. The summed E-state index contributed by atoms with van der Waals surface area (Å²) < 4.78 is 22.4. The molecule has 0 spiro atoms. The average molecular weight is 633 g/mol. The fraction of sp³-hybridized carbons (Fsp3) is 0.600. The van der Waals surface area contributed by atoms with Crippen LogP contribution < -0.4 is 9.47 Å². The normalized spacial score (nSPS) is 11.5. The summed E-state index contributed by atoms with van der Waals surface area (Å²) in [6, 6.07) is 8.96. The molecule has 45 heavy (non-hydrogen) atoms. The first-order chi connectivity index (χ1) is 22.2. The molecule has 2 aromatic carbocycles. The van der Waals surface area contributed by atoms with Crippen molar-refractivity contribution in [3.63, 3.8) is 0 Å². The molecular weight excluding hydrogens is 573 g/mol. The van der Waals surface area contributed by atoms with Crippen molar-refractivity contribution in [3.05, 3.63) is 59.2 Å². The molecule has 0 saturated heterocycles. The first-order valence-corrected chi connectivity index (χ1v) is 18.9. The van der Waals surface area contributed by atoms with Crippen molar-refractivity contribution in [2.45, 2.75) is 143 Å². The van der Waals surface area contributed by atoms with Crippen LogP contribution in [0.4, 0.5) is 0 Å². The molecule has 0 amide bonds. The molecule has 0 bridgehead atoms. The summed E-state index contributed by atoms with van der Waals surface area (Å²) in [6.45, 7) is 12.1. The smallest absolute Gasteiger partial charge is 0.127 e.